The molecular weight excluding hydrogens is 280 g/mol. The van der Waals surface area contributed by atoms with Crippen LogP contribution in [0.3, 0.4) is 0 Å². The Kier molecular flexibility index (Phi) is 4.22. The topological polar surface area (TPSA) is 32.6 Å². The van der Waals surface area contributed by atoms with Crippen molar-refractivity contribution < 1.29 is 0 Å². The molecule has 1 aliphatic rings. The van der Waals surface area contributed by atoms with Gasteiger partial charge in [-0.05, 0) is 24.8 Å². The number of fused-ring (bicyclic) bond motifs is 1. The minimum atomic E-state index is 0.523. The number of piperidine rings is 1. The molecule has 2 aromatic heterocycles. The van der Waals surface area contributed by atoms with Gasteiger partial charge in [0.05, 0.1) is 5.69 Å². The SMILES string of the molecule is CCNCc1c(N2CCC(C)(CC)CC2)nc2sccn12. The van der Waals surface area contributed by atoms with Crippen LogP contribution in [-0.2, 0) is 6.54 Å². The molecule has 2 aromatic rings. The molecule has 21 heavy (non-hydrogen) atoms. The van der Waals surface area contributed by atoms with Crippen LogP contribution in [0, 0.1) is 5.41 Å². The summed E-state index contributed by atoms with van der Waals surface area (Å²) >= 11 is 1.72. The van der Waals surface area contributed by atoms with E-state index in [1.807, 2.05) is 0 Å². The predicted octanol–water partition coefficient (Wildman–Crippen LogP) is 3.52. The van der Waals surface area contributed by atoms with Gasteiger partial charge in [-0.3, -0.25) is 4.40 Å². The molecule has 0 bridgehead atoms. The average Bonchev–Trinajstić information content (AvgIpc) is 3.07. The summed E-state index contributed by atoms with van der Waals surface area (Å²) < 4.78 is 2.25. The van der Waals surface area contributed by atoms with Crippen molar-refractivity contribution in [2.45, 2.75) is 46.6 Å². The van der Waals surface area contributed by atoms with Gasteiger partial charge in [-0.25, -0.2) is 4.98 Å². The third-order valence-electron chi connectivity index (χ3n) is 5.01. The molecule has 0 unspecified atom stereocenters. The zero-order valence-corrected chi connectivity index (χ0v) is 14.2. The maximum atomic E-state index is 4.89. The lowest BCUT2D eigenvalue weighted by Crippen LogP contribution is -2.39. The van der Waals surface area contributed by atoms with E-state index in [-0.39, 0.29) is 0 Å². The standard InChI is InChI=1S/C16H26N4S/c1-4-16(3)6-8-19(9-7-16)14-13(12-17-5-2)20-10-11-21-15(20)18-14/h10-11,17H,4-9,12H2,1-3H3. The first kappa shape index (κ1) is 14.9. The number of nitrogens with one attached hydrogen (secondary N) is 1. The van der Waals surface area contributed by atoms with Crippen molar-refractivity contribution in [3.63, 3.8) is 0 Å². The van der Waals surface area contributed by atoms with Crippen molar-refractivity contribution in [3.05, 3.63) is 17.3 Å². The first-order chi connectivity index (χ1) is 10.2. The van der Waals surface area contributed by atoms with E-state index in [0.717, 1.165) is 31.1 Å². The van der Waals surface area contributed by atoms with Gasteiger partial charge in [0.15, 0.2) is 10.8 Å². The molecule has 1 saturated heterocycles. The molecule has 5 heteroatoms. The number of imidazole rings is 1. The lowest BCUT2D eigenvalue weighted by molar-refractivity contribution is 0.237. The van der Waals surface area contributed by atoms with E-state index in [9.17, 15) is 0 Å². The van der Waals surface area contributed by atoms with Crippen LogP contribution in [0.5, 0.6) is 0 Å². The summed E-state index contributed by atoms with van der Waals surface area (Å²) in [4.78, 5) is 8.49. The zero-order chi connectivity index (χ0) is 14.9. The smallest absolute Gasteiger partial charge is 0.195 e. The Bertz CT molecular complexity index is 592. The molecule has 0 amide bonds. The number of anilines is 1. The third kappa shape index (κ3) is 2.81. The fourth-order valence-electron chi connectivity index (χ4n) is 3.09. The number of aromatic nitrogens is 2. The van der Waals surface area contributed by atoms with Gasteiger partial charge in [-0.15, -0.1) is 11.3 Å². The second-order valence-corrected chi connectivity index (χ2v) is 7.24. The van der Waals surface area contributed by atoms with E-state index in [0.29, 0.717) is 5.41 Å². The van der Waals surface area contributed by atoms with Crippen LogP contribution in [0.1, 0.15) is 45.7 Å². The van der Waals surface area contributed by atoms with Crippen LogP contribution in [-0.4, -0.2) is 29.0 Å². The summed E-state index contributed by atoms with van der Waals surface area (Å²) in [6, 6.07) is 0. The lowest BCUT2D eigenvalue weighted by Gasteiger charge is -2.39. The second-order valence-electron chi connectivity index (χ2n) is 6.37. The Morgan fingerprint density at radius 3 is 2.76 bits per heavy atom. The van der Waals surface area contributed by atoms with Crippen LogP contribution in [0.2, 0.25) is 0 Å². The molecule has 4 nitrogen and oxygen atoms in total. The molecule has 0 spiro atoms. The predicted molar refractivity (Wildman–Crippen MR) is 90.3 cm³/mol. The van der Waals surface area contributed by atoms with Crippen molar-refractivity contribution in [1.82, 2.24) is 14.7 Å². The highest BCUT2D eigenvalue weighted by atomic mass is 32.1. The van der Waals surface area contributed by atoms with Gasteiger partial charge in [0.1, 0.15) is 0 Å². The highest BCUT2D eigenvalue weighted by molar-refractivity contribution is 7.15. The van der Waals surface area contributed by atoms with E-state index in [4.69, 9.17) is 4.98 Å². The highest BCUT2D eigenvalue weighted by Crippen LogP contribution is 2.36. The maximum absolute atomic E-state index is 4.89. The molecule has 3 heterocycles. The molecule has 1 N–H and O–H groups in total. The number of nitrogens with zero attached hydrogens (tertiary/aromatic N) is 3. The molecule has 0 aromatic carbocycles. The van der Waals surface area contributed by atoms with Crippen molar-refractivity contribution >= 4 is 22.1 Å². The first-order valence-electron chi connectivity index (χ1n) is 8.07. The Morgan fingerprint density at radius 1 is 1.33 bits per heavy atom. The summed E-state index contributed by atoms with van der Waals surface area (Å²) in [5, 5.41) is 5.57. The van der Waals surface area contributed by atoms with Crippen molar-refractivity contribution in [2.75, 3.05) is 24.5 Å². The fraction of sp³-hybridized carbons (Fsp3) is 0.688. The number of hydrogen-bond acceptors (Lipinski definition) is 4. The zero-order valence-electron chi connectivity index (χ0n) is 13.4. The quantitative estimate of drug-likeness (QED) is 0.917. The van der Waals surface area contributed by atoms with Crippen LogP contribution < -0.4 is 10.2 Å². The van der Waals surface area contributed by atoms with E-state index in [1.54, 1.807) is 11.3 Å². The number of hydrogen-bond donors (Lipinski definition) is 1. The van der Waals surface area contributed by atoms with Gasteiger partial charge >= 0.3 is 0 Å². The Morgan fingerprint density at radius 2 is 2.10 bits per heavy atom. The molecule has 0 aliphatic carbocycles. The minimum absolute atomic E-state index is 0.523. The van der Waals surface area contributed by atoms with E-state index in [2.05, 4.69) is 47.0 Å². The number of thiazole rings is 1. The lowest BCUT2D eigenvalue weighted by atomic mass is 9.78. The van der Waals surface area contributed by atoms with Crippen LogP contribution in [0.25, 0.3) is 4.96 Å². The van der Waals surface area contributed by atoms with Gasteiger partial charge in [-0.1, -0.05) is 27.2 Å². The summed E-state index contributed by atoms with van der Waals surface area (Å²) in [5.74, 6) is 1.20. The monoisotopic (exact) mass is 306 g/mol. The van der Waals surface area contributed by atoms with Crippen molar-refractivity contribution in [1.29, 1.82) is 0 Å². The number of rotatable bonds is 5. The van der Waals surface area contributed by atoms with Crippen LogP contribution in [0.4, 0.5) is 5.82 Å². The summed E-state index contributed by atoms with van der Waals surface area (Å²) in [6.07, 6.45) is 5.97. The largest absolute Gasteiger partial charge is 0.355 e. The molecule has 1 fully saturated rings. The molecular formula is C16H26N4S. The van der Waals surface area contributed by atoms with Gasteiger partial charge in [0.2, 0.25) is 0 Å². The third-order valence-corrected chi connectivity index (χ3v) is 5.76. The molecule has 1 aliphatic heterocycles. The fourth-order valence-corrected chi connectivity index (χ4v) is 3.82. The van der Waals surface area contributed by atoms with E-state index < -0.39 is 0 Å². The van der Waals surface area contributed by atoms with Gasteiger partial charge in [0.25, 0.3) is 0 Å². The normalized spacial score (nSPS) is 18.5. The summed E-state index contributed by atoms with van der Waals surface area (Å²) in [5.41, 5.74) is 1.84. The molecule has 3 rings (SSSR count). The Labute approximate surface area is 131 Å². The van der Waals surface area contributed by atoms with Crippen molar-refractivity contribution in [2.24, 2.45) is 5.41 Å². The van der Waals surface area contributed by atoms with E-state index in [1.165, 1.54) is 30.8 Å². The first-order valence-corrected chi connectivity index (χ1v) is 8.95. The van der Waals surface area contributed by atoms with Crippen LogP contribution >= 0.6 is 11.3 Å². The van der Waals surface area contributed by atoms with E-state index >= 15 is 0 Å². The van der Waals surface area contributed by atoms with Gasteiger partial charge in [-0.2, -0.15) is 0 Å². The van der Waals surface area contributed by atoms with Gasteiger partial charge in [0, 0.05) is 31.2 Å². The molecule has 116 valence electrons. The molecule has 0 atom stereocenters. The molecule has 0 saturated carbocycles. The van der Waals surface area contributed by atoms with Crippen LogP contribution in [0.15, 0.2) is 11.6 Å². The summed E-state index contributed by atoms with van der Waals surface area (Å²) in [7, 11) is 0. The highest BCUT2D eigenvalue weighted by Gasteiger charge is 2.30. The molecule has 0 radical (unpaired) electrons. The Hall–Kier alpha value is -1.07. The Balaban J connectivity index is 1.84. The summed E-state index contributed by atoms with van der Waals surface area (Å²) in [6.45, 7) is 11.0. The average molecular weight is 306 g/mol. The van der Waals surface area contributed by atoms with Crippen molar-refractivity contribution in [3.8, 4) is 0 Å². The second kappa shape index (κ2) is 5.97. The maximum Gasteiger partial charge on any atom is 0.195 e. The minimum Gasteiger partial charge on any atom is -0.355 e. The van der Waals surface area contributed by atoms with Gasteiger partial charge < -0.3 is 10.2 Å².